The van der Waals surface area contributed by atoms with Gasteiger partial charge in [0.15, 0.2) is 17.4 Å². The molecule has 0 fully saturated rings. The van der Waals surface area contributed by atoms with Crippen LogP contribution in [0.4, 0.5) is 20.4 Å². The number of ether oxygens (including phenoxy) is 1. The molecule has 0 radical (unpaired) electrons. The Morgan fingerprint density at radius 2 is 1.86 bits per heavy atom. The van der Waals surface area contributed by atoms with Gasteiger partial charge in [0.05, 0.1) is 18.5 Å². The molecule has 22 heavy (non-hydrogen) atoms. The molecule has 0 saturated heterocycles. The van der Waals surface area contributed by atoms with Gasteiger partial charge in [-0.05, 0) is 12.1 Å². The second-order valence-electron chi connectivity index (χ2n) is 4.44. The van der Waals surface area contributed by atoms with Gasteiger partial charge in [-0.25, -0.2) is 13.5 Å². The highest BCUT2D eigenvalue weighted by atomic mass is 19.1. The summed E-state index contributed by atoms with van der Waals surface area (Å²) in [7, 11) is 1.27. The van der Waals surface area contributed by atoms with Crippen molar-refractivity contribution in [2.75, 3.05) is 12.4 Å². The maximum absolute atomic E-state index is 13.9. The molecule has 0 amide bonds. The molecule has 1 N–H and O–H groups in total. The molecule has 1 heterocycles. The highest BCUT2D eigenvalue weighted by molar-refractivity contribution is 5.56. The third kappa shape index (κ3) is 2.73. The molecule has 0 bridgehead atoms. The van der Waals surface area contributed by atoms with Crippen molar-refractivity contribution in [3.63, 3.8) is 0 Å². The van der Waals surface area contributed by atoms with Crippen LogP contribution in [0.3, 0.4) is 0 Å². The van der Waals surface area contributed by atoms with E-state index in [1.807, 2.05) is 30.3 Å². The predicted octanol–water partition coefficient (Wildman–Crippen LogP) is 3.30. The first-order valence-corrected chi connectivity index (χ1v) is 6.44. The Bertz CT molecular complexity index is 789. The van der Waals surface area contributed by atoms with Crippen LogP contribution in [-0.4, -0.2) is 21.9 Å². The third-order valence-corrected chi connectivity index (χ3v) is 3.00. The minimum Gasteiger partial charge on any atom is -0.494 e. The molecule has 0 saturated carbocycles. The van der Waals surface area contributed by atoms with E-state index in [0.29, 0.717) is 0 Å². The number of para-hydroxylation sites is 1. The van der Waals surface area contributed by atoms with Gasteiger partial charge < -0.3 is 10.1 Å². The van der Waals surface area contributed by atoms with Gasteiger partial charge in [0.25, 0.3) is 0 Å². The number of benzene rings is 2. The number of nitrogens with zero attached hydrogens (tertiary/aromatic N) is 3. The summed E-state index contributed by atoms with van der Waals surface area (Å²) < 4.78 is 33.7. The van der Waals surface area contributed by atoms with E-state index in [1.54, 1.807) is 0 Å². The van der Waals surface area contributed by atoms with E-state index in [4.69, 9.17) is 4.74 Å². The zero-order valence-electron chi connectivity index (χ0n) is 11.6. The van der Waals surface area contributed by atoms with Crippen LogP contribution in [0.2, 0.25) is 0 Å². The number of anilines is 2. The molecule has 0 spiro atoms. The first kappa shape index (κ1) is 14.0. The minimum absolute atomic E-state index is 0.0656. The summed E-state index contributed by atoms with van der Waals surface area (Å²) >= 11 is 0. The maximum atomic E-state index is 13.9. The SMILES string of the molecule is COc1cc(F)c(Nc2ncn(-c3ccccc3)n2)cc1F. The van der Waals surface area contributed by atoms with Gasteiger partial charge in [0.1, 0.15) is 6.33 Å². The molecule has 3 rings (SSSR count). The lowest BCUT2D eigenvalue weighted by molar-refractivity contribution is 0.383. The fourth-order valence-electron chi connectivity index (χ4n) is 1.93. The van der Waals surface area contributed by atoms with Crippen molar-refractivity contribution in [3.8, 4) is 11.4 Å². The third-order valence-electron chi connectivity index (χ3n) is 3.00. The molecule has 112 valence electrons. The molecule has 0 unspecified atom stereocenters. The molecule has 0 aliphatic rings. The van der Waals surface area contributed by atoms with Crippen LogP contribution in [0, 0.1) is 11.6 Å². The Morgan fingerprint density at radius 3 is 2.59 bits per heavy atom. The summed E-state index contributed by atoms with van der Waals surface area (Å²) in [5.74, 6) is -1.33. The van der Waals surface area contributed by atoms with Crippen LogP contribution in [-0.2, 0) is 0 Å². The molecule has 3 aromatic rings. The van der Waals surface area contributed by atoms with E-state index in [0.717, 1.165) is 17.8 Å². The zero-order valence-corrected chi connectivity index (χ0v) is 11.6. The Labute approximate surface area is 125 Å². The molecular weight excluding hydrogens is 290 g/mol. The summed E-state index contributed by atoms with van der Waals surface area (Å²) in [5.41, 5.74) is 0.744. The standard InChI is InChI=1S/C15H12F2N4O/c1-22-14-8-11(16)13(7-12(14)17)19-15-18-9-21(20-15)10-5-3-2-4-6-10/h2-9H,1H3,(H,19,20). The number of nitrogens with one attached hydrogen (secondary N) is 1. The van der Waals surface area contributed by atoms with Gasteiger partial charge >= 0.3 is 0 Å². The summed E-state index contributed by atoms with van der Waals surface area (Å²) in [6.45, 7) is 0. The van der Waals surface area contributed by atoms with Gasteiger partial charge in [-0.15, -0.1) is 5.10 Å². The van der Waals surface area contributed by atoms with Gasteiger partial charge in [-0.1, -0.05) is 18.2 Å². The van der Waals surface area contributed by atoms with Gasteiger partial charge in [-0.2, -0.15) is 4.98 Å². The van der Waals surface area contributed by atoms with E-state index < -0.39 is 11.6 Å². The average Bonchev–Trinajstić information content (AvgIpc) is 3.00. The second-order valence-corrected chi connectivity index (χ2v) is 4.44. The molecule has 2 aromatic carbocycles. The first-order valence-electron chi connectivity index (χ1n) is 6.44. The average molecular weight is 302 g/mol. The number of methoxy groups -OCH3 is 1. The van der Waals surface area contributed by atoms with E-state index in [9.17, 15) is 8.78 Å². The monoisotopic (exact) mass is 302 g/mol. The Morgan fingerprint density at radius 1 is 1.09 bits per heavy atom. The minimum atomic E-state index is -0.672. The Balaban J connectivity index is 1.86. The van der Waals surface area contributed by atoms with Crippen molar-refractivity contribution in [3.05, 3.63) is 60.4 Å². The smallest absolute Gasteiger partial charge is 0.247 e. The largest absolute Gasteiger partial charge is 0.494 e. The number of aromatic nitrogens is 3. The van der Waals surface area contributed by atoms with Crippen LogP contribution in [0.15, 0.2) is 48.8 Å². The van der Waals surface area contributed by atoms with Crippen molar-refractivity contribution in [1.29, 1.82) is 0 Å². The van der Waals surface area contributed by atoms with Gasteiger partial charge in [-0.3, -0.25) is 0 Å². The maximum Gasteiger partial charge on any atom is 0.247 e. The normalized spacial score (nSPS) is 10.5. The quantitative estimate of drug-likeness (QED) is 0.803. The van der Waals surface area contributed by atoms with Crippen LogP contribution in [0.25, 0.3) is 5.69 Å². The van der Waals surface area contributed by atoms with Gasteiger partial charge in [0, 0.05) is 12.1 Å². The molecule has 1 aromatic heterocycles. The van der Waals surface area contributed by atoms with E-state index in [-0.39, 0.29) is 17.4 Å². The topological polar surface area (TPSA) is 52.0 Å². The van der Waals surface area contributed by atoms with Crippen molar-refractivity contribution >= 4 is 11.6 Å². The molecular formula is C15H12F2N4O. The number of halogens is 2. The number of hydrogen-bond donors (Lipinski definition) is 1. The Hall–Kier alpha value is -2.96. The first-order chi connectivity index (χ1) is 10.7. The van der Waals surface area contributed by atoms with E-state index in [1.165, 1.54) is 18.1 Å². The second kappa shape index (κ2) is 5.80. The molecule has 0 atom stereocenters. The summed E-state index contributed by atoms with van der Waals surface area (Å²) in [6.07, 6.45) is 1.48. The van der Waals surface area contributed by atoms with Gasteiger partial charge in [0.2, 0.25) is 5.95 Å². The zero-order chi connectivity index (χ0) is 15.5. The lowest BCUT2D eigenvalue weighted by atomic mass is 10.2. The highest BCUT2D eigenvalue weighted by Gasteiger charge is 2.12. The fourth-order valence-corrected chi connectivity index (χ4v) is 1.93. The summed E-state index contributed by atoms with van der Waals surface area (Å²) in [4.78, 5) is 4.02. The van der Waals surface area contributed by atoms with Crippen molar-refractivity contribution in [2.45, 2.75) is 0 Å². The van der Waals surface area contributed by atoms with Crippen LogP contribution >= 0.6 is 0 Å². The highest BCUT2D eigenvalue weighted by Crippen LogP contribution is 2.26. The lowest BCUT2D eigenvalue weighted by Crippen LogP contribution is -2.00. The Kier molecular flexibility index (Phi) is 3.69. The number of rotatable bonds is 4. The van der Waals surface area contributed by atoms with Crippen molar-refractivity contribution in [1.82, 2.24) is 14.8 Å². The fraction of sp³-hybridized carbons (Fsp3) is 0.0667. The molecule has 7 heteroatoms. The van der Waals surface area contributed by atoms with Crippen LogP contribution < -0.4 is 10.1 Å². The van der Waals surface area contributed by atoms with Crippen LogP contribution in [0.5, 0.6) is 5.75 Å². The summed E-state index contributed by atoms with van der Waals surface area (Å²) in [6, 6.07) is 11.3. The van der Waals surface area contributed by atoms with Crippen LogP contribution in [0.1, 0.15) is 0 Å². The molecule has 5 nitrogen and oxygen atoms in total. The van der Waals surface area contributed by atoms with E-state index in [2.05, 4.69) is 15.4 Å². The molecule has 0 aliphatic heterocycles. The lowest BCUT2D eigenvalue weighted by Gasteiger charge is -2.07. The summed E-state index contributed by atoms with van der Waals surface area (Å²) in [5, 5.41) is 6.80. The predicted molar refractivity (Wildman–Crippen MR) is 77.6 cm³/mol. The number of hydrogen-bond acceptors (Lipinski definition) is 4. The molecule has 0 aliphatic carbocycles. The van der Waals surface area contributed by atoms with Crippen molar-refractivity contribution < 1.29 is 13.5 Å². The van der Waals surface area contributed by atoms with E-state index >= 15 is 0 Å². The van der Waals surface area contributed by atoms with Crippen molar-refractivity contribution in [2.24, 2.45) is 0 Å².